The van der Waals surface area contributed by atoms with Crippen LogP contribution in [-0.2, 0) is 0 Å². The van der Waals surface area contributed by atoms with Crippen molar-refractivity contribution in [3.05, 3.63) is 72.1 Å². The number of ether oxygens (including phenoxy) is 1. The van der Waals surface area contributed by atoms with E-state index in [4.69, 9.17) is 4.74 Å². The van der Waals surface area contributed by atoms with E-state index in [1.807, 2.05) is 35.2 Å². The lowest BCUT2D eigenvalue weighted by atomic mass is 10.1. The van der Waals surface area contributed by atoms with Gasteiger partial charge in [0, 0.05) is 12.1 Å². The Hall–Kier alpha value is -3.48. The standard InChI is InChI=1S/C22H22N4O3/c1-16(27)17-6-4-7-18(14-17)29-19-8-5-13-25(15-19)22(28)20-9-2-3-10-21(20)26-23-11-12-24-26/h2-4,6-7,9-12,14,19H,5,8,13,15H2,1H3. The first-order valence-electron chi connectivity index (χ1n) is 9.64. The monoisotopic (exact) mass is 390 g/mol. The Morgan fingerprint density at radius 3 is 2.66 bits per heavy atom. The fourth-order valence-corrected chi connectivity index (χ4v) is 3.54. The second kappa shape index (κ2) is 8.26. The molecule has 1 atom stereocenters. The van der Waals surface area contributed by atoms with E-state index in [0.29, 0.717) is 35.7 Å². The van der Waals surface area contributed by atoms with Crippen LogP contribution >= 0.6 is 0 Å². The van der Waals surface area contributed by atoms with E-state index < -0.39 is 0 Å². The van der Waals surface area contributed by atoms with Crippen molar-refractivity contribution in [2.45, 2.75) is 25.9 Å². The predicted molar refractivity (Wildman–Crippen MR) is 107 cm³/mol. The molecule has 1 amide bonds. The number of hydrogen-bond acceptors (Lipinski definition) is 5. The third-order valence-corrected chi connectivity index (χ3v) is 4.98. The summed E-state index contributed by atoms with van der Waals surface area (Å²) in [5.41, 5.74) is 1.83. The van der Waals surface area contributed by atoms with Crippen molar-refractivity contribution in [1.82, 2.24) is 19.9 Å². The molecule has 2 heterocycles. The molecule has 1 aliphatic rings. The highest BCUT2D eigenvalue weighted by Crippen LogP contribution is 2.22. The molecule has 0 bridgehead atoms. The summed E-state index contributed by atoms with van der Waals surface area (Å²) in [5.74, 6) is 0.585. The second-order valence-electron chi connectivity index (χ2n) is 7.05. The Morgan fingerprint density at radius 1 is 1.07 bits per heavy atom. The largest absolute Gasteiger partial charge is 0.489 e. The summed E-state index contributed by atoms with van der Waals surface area (Å²) < 4.78 is 6.09. The maximum atomic E-state index is 13.2. The van der Waals surface area contributed by atoms with E-state index >= 15 is 0 Å². The number of carbonyl (C=O) groups is 2. The Balaban J connectivity index is 1.50. The second-order valence-corrected chi connectivity index (χ2v) is 7.05. The Morgan fingerprint density at radius 2 is 1.86 bits per heavy atom. The van der Waals surface area contributed by atoms with Gasteiger partial charge >= 0.3 is 0 Å². The normalized spacial score (nSPS) is 16.4. The van der Waals surface area contributed by atoms with Crippen molar-refractivity contribution < 1.29 is 14.3 Å². The molecule has 0 radical (unpaired) electrons. The van der Waals surface area contributed by atoms with Crippen molar-refractivity contribution >= 4 is 11.7 Å². The van der Waals surface area contributed by atoms with Gasteiger partial charge in [0.25, 0.3) is 5.91 Å². The van der Waals surface area contributed by atoms with Crippen LogP contribution in [0.25, 0.3) is 5.69 Å². The maximum Gasteiger partial charge on any atom is 0.256 e. The minimum atomic E-state index is -0.120. The van der Waals surface area contributed by atoms with Crippen molar-refractivity contribution in [1.29, 1.82) is 0 Å². The zero-order valence-electron chi connectivity index (χ0n) is 16.2. The molecule has 1 aromatic heterocycles. The molecule has 3 aromatic rings. The summed E-state index contributed by atoms with van der Waals surface area (Å²) in [5, 5.41) is 8.30. The Labute approximate surface area is 168 Å². The van der Waals surface area contributed by atoms with Gasteiger partial charge in [0.1, 0.15) is 11.9 Å². The first kappa shape index (κ1) is 18.9. The average molecular weight is 390 g/mol. The lowest BCUT2D eigenvalue weighted by molar-refractivity contribution is 0.0537. The number of Topliss-reactive ketones (excluding diaryl/α,β-unsaturated/α-hetero) is 1. The molecule has 1 unspecified atom stereocenters. The highest BCUT2D eigenvalue weighted by atomic mass is 16.5. The smallest absolute Gasteiger partial charge is 0.256 e. The number of benzene rings is 2. The Bertz CT molecular complexity index is 1020. The van der Waals surface area contributed by atoms with Gasteiger partial charge in [-0.05, 0) is 44.0 Å². The molecule has 148 valence electrons. The zero-order chi connectivity index (χ0) is 20.2. The number of aromatic nitrogens is 3. The van der Waals surface area contributed by atoms with Gasteiger partial charge in [-0.1, -0.05) is 24.3 Å². The molecule has 0 N–H and O–H groups in total. The molecule has 0 aliphatic carbocycles. The number of para-hydroxylation sites is 1. The van der Waals surface area contributed by atoms with Crippen molar-refractivity contribution in [2.24, 2.45) is 0 Å². The van der Waals surface area contributed by atoms with E-state index in [-0.39, 0.29) is 17.8 Å². The molecule has 1 fully saturated rings. The quantitative estimate of drug-likeness (QED) is 0.626. The third-order valence-electron chi connectivity index (χ3n) is 4.98. The molecule has 0 saturated carbocycles. The van der Waals surface area contributed by atoms with Gasteiger partial charge in [-0.2, -0.15) is 15.0 Å². The maximum absolute atomic E-state index is 13.2. The molecule has 2 aromatic carbocycles. The van der Waals surface area contributed by atoms with Crippen LogP contribution in [0.1, 0.15) is 40.5 Å². The minimum absolute atomic E-state index is 0.000244. The molecule has 7 heteroatoms. The fraction of sp³-hybridized carbons (Fsp3) is 0.273. The highest BCUT2D eigenvalue weighted by Gasteiger charge is 2.27. The fourth-order valence-electron chi connectivity index (χ4n) is 3.54. The summed E-state index contributed by atoms with van der Waals surface area (Å²) in [6, 6.07) is 14.5. The van der Waals surface area contributed by atoms with E-state index in [2.05, 4.69) is 10.2 Å². The molecule has 4 rings (SSSR count). The van der Waals surface area contributed by atoms with Crippen LogP contribution in [0.3, 0.4) is 0 Å². The number of hydrogen-bond donors (Lipinski definition) is 0. The van der Waals surface area contributed by atoms with Gasteiger partial charge in [0.2, 0.25) is 0 Å². The summed E-state index contributed by atoms with van der Waals surface area (Å²) in [7, 11) is 0. The molecule has 29 heavy (non-hydrogen) atoms. The van der Waals surface area contributed by atoms with Crippen LogP contribution in [0.5, 0.6) is 5.75 Å². The van der Waals surface area contributed by atoms with Crippen LogP contribution in [-0.4, -0.2) is 50.8 Å². The number of likely N-dealkylation sites (tertiary alicyclic amines) is 1. The summed E-state index contributed by atoms with van der Waals surface area (Å²) >= 11 is 0. The minimum Gasteiger partial charge on any atom is -0.489 e. The zero-order valence-corrected chi connectivity index (χ0v) is 16.2. The van der Waals surface area contributed by atoms with Crippen molar-refractivity contribution in [2.75, 3.05) is 13.1 Å². The summed E-state index contributed by atoms with van der Waals surface area (Å²) in [6.07, 6.45) is 4.76. The van der Waals surface area contributed by atoms with Gasteiger partial charge in [-0.3, -0.25) is 9.59 Å². The van der Waals surface area contributed by atoms with Crippen molar-refractivity contribution in [3.63, 3.8) is 0 Å². The van der Waals surface area contributed by atoms with E-state index in [1.165, 1.54) is 11.7 Å². The first-order chi connectivity index (χ1) is 14.1. The van der Waals surface area contributed by atoms with Gasteiger partial charge in [0.15, 0.2) is 5.78 Å². The van der Waals surface area contributed by atoms with Gasteiger partial charge in [-0.25, -0.2) is 0 Å². The van der Waals surface area contributed by atoms with Gasteiger partial charge < -0.3 is 9.64 Å². The number of carbonyl (C=O) groups excluding carboxylic acids is 2. The van der Waals surface area contributed by atoms with Gasteiger partial charge in [0.05, 0.1) is 30.2 Å². The average Bonchev–Trinajstić information content (AvgIpc) is 3.28. The van der Waals surface area contributed by atoms with Gasteiger partial charge in [-0.15, -0.1) is 0 Å². The molecular formula is C22H22N4O3. The molecule has 1 aliphatic heterocycles. The lowest BCUT2D eigenvalue weighted by Gasteiger charge is -2.33. The summed E-state index contributed by atoms with van der Waals surface area (Å²) in [6.45, 7) is 2.70. The SMILES string of the molecule is CC(=O)c1cccc(OC2CCCN(C(=O)c3ccccc3-n3nccn3)C2)c1. The van der Waals surface area contributed by atoms with E-state index in [1.54, 1.807) is 30.6 Å². The Kier molecular flexibility index (Phi) is 5.37. The number of piperidine rings is 1. The van der Waals surface area contributed by atoms with Crippen LogP contribution in [0.2, 0.25) is 0 Å². The number of nitrogens with zero attached hydrogens (tertiary/aromatic N) is 4. The third kappa shape index (κ3) is 4.18. The summed E-state index contributed by atoms with van der Waals surface area (Å²) in [4.78, 5) is 28.1. The predicted octanol–water partition coefficient (Wildman–Crippen LogP) is 3.15. The van der Waals surface area contributed by atoms with Crippen LogP contribution < -0.4 is 4.74 Å². The van der Waals surface area contributed by atoms with Crippen LogP contribution in [0, 0.1) is 0 Å². The molecule has 7 nitrogen and oxygen atoms in total. The van der Waals surface area contributed by atoms with E-state index in [0.717, 1.165) is 12.8 Å². The molecule has 0 spiro atoms. The van der Waals surface area contributed by atoms with E-state index in [9.17, 15) is 9.59 Å². The number of ketones is 1. The topological polar surface area (TPSA) is 77.3 Å². The number of rotatable bonds is 5. The lowest BCUT2D eigenvalue weighted by Crippen LogP contribution is -2.44. The van der Waals surface area contributed by atoms with Crippen molar-refractivity contribution in [3.8, 4) is 11.4 Å². The van der Waals surface area contributed by atoms with Crippen LogP contribution in [0.15, 0.2) is 60.9 Å². The van der Waals surface area contributed by atoms with Crippen LogP contribution in [0.4, 0.5) is 0 Å². The highest BCUT2D eigenvalue weighted by molar-refractivity contribution is 5.97. The molecular weight excluding hydrogens is 368 g/mol. The number of amides is 1. The first-order valence-corrected chi connectivity index (χ1v) is 9.64. The molecule has 1 saturated heterocycles.